The van der Waals surface area contributed by atoms with Gasteiger partial charge in [0.2, 0.25) is 15.9 Å². The second kappa shape index (κ2) is 7.48. The number of nitrogens with one attached hydrogen (secondary N) is 1. The molecule has 2 heterocycles. The molecule has 3 aromatic rings. The molecule has 1 N–H and O–H groups in total. The topological polar surface area (TPSA) is 99.5 Å². The maximum absolute atomic E-state index is 13.4. The summed E-state index contributed by atoms with van der Waals surface area (Å²) in [5.41, 5.74) is 0.325. The highest BCUT2D eigenvalue weighted by atomic mass is 32.2. The zero-order chi connectivity index (χ0) is 22.3. The third kappa shape index (κ3) is 3.14. The predicted molar refractivity (Wildman–Crippen MR) is 118 cm³/mol. The zero-order valence-electron chi connectivity index (χ0n) is 16.9. The van der Waals surface area contributed by atoms with Crippen molar-refractivity contribution in [2.45, 2.75) is 22.8 Å². The molecule has 2 aliphatic rings. The van der Waals surface area contributed by atoms with Crippen LogP contribution in [0.5, 0.6) is 11.5 Å². The van der Waals surface area contributed by atoms with Gasteiger partial charge in [0.1, 0.15) is 17.5 Å². The number of sulfonamides is 1. The summed E-state index contributed by atoms with van der Waals surface area (Å²) in [6.45, 7) is -0.0846. The average Bonchev–Trinajstić information content (AvgIpc) is 3.34. The van der Waals surface area contributed by atoms with Crippen LogP contribution in [0, 0.1) is 11.3 Å². The fourth-order valence-corrected chi connectivity index (χ4v) is 6.01. The smallest absolute Gasteiger partial charge is 0.244 e. The molecule has 1 fully saturated rings. The average molecular weight is 446 g/mol. The van der Waals surface area contributed by atoms with Gasteiger partial charge in [-0.2, -0.15) is 9.57 Å². The molecular formula is C24H19N3O4S. The maximum Gasteiger partial charge on any atom is 0.244 e. The highest BCUT2D eigenvalue weighted by Gasteiger charge is 2.57. The Hall–Kier alpha value is -3.67. The third-order valence-corrected chi connectivity index (χ3v) is 7.87. The number of carbonyl (C=O) groups is 1. The maximum atomic E-state index is 13.4. The van der Waals surface area contributed by atoms with Gasteiger partial charge in [0.05, 0.1) is 16.4 Å². The second-order valence-corrected chi connectivity index (χ2v) is 9.76. The number of ether oxygens (including phenoxy) is 1. The summed E-state index contributed by atoms with van der Waals surface area (Å²) in [5, 5.41) is 12.6. The number of amides is 1. The van der Waals surface area contributed by atoms with E-state index in [1.807, 2.05) is 36.4 Å². The molecule has 1 saturated heterocycles. The van der Waals surface area contributed by atoms with Gasteiger partial charge in [-0.25, -0.2) is 8.42 Å². The van der Waals surface area contributed by atoms with Crippen molar-refractivity contribution in [1.82, 2.24) is 4.31 Å². The lowest BCUT2D eigenvalue weighted by atomic mass is 9.80. The standard InChI is InChI=1S/C24H19N3O4S/c25-15-17-14-24(21-8-4-5-9-22(21)26-23(24)28)16-27(17)32(29,30)20-12-10-19(11-13-20)31-18-6-2-1-3-7-18/h1-13,17H,14,16H2,(H,26,28)/t17-,24-/m0/s1. The van der Waals surface area contributed by atoms with Crippen molar-refractivity contribution in [2.75, 3.05) is 11.9 Å². The summed E-state index contributed by atoms with van der Waals surface area (Å²) in [7, 11) is -4.00. The van der Waals surface area contributed by atoms with Gasteiger partial charge in [-0.1, -0.05) is 36.4 Å². The minimum Gasteiger partial charge on any atom is -0.457 e. The number of rotatable bonds is 4. The van der Waals surface area contributed by atoms with Gasteiger partial charge >= 0.3 is 0 Å². The van der Waals surface area contributed by atoms with Crippen molar-refractivity contribution in [3.8, 4) is 17.6 Å². The summed E-state index contributed by atoms with van der Waals surface area (Å²) >= 11 is 0. The van der Waals surface area contributed by atoms with Gasteiger partial charge < -0.3 is 10.1 Å². The first-order valence-corrected chi connectivity index (χ1v) is 11.5. The van der Waals surface area contributed by atoms with E-state index in [1.54, 1.807) is 30.3 Å². The first-order chi connectivity index (χ1) is 15.4. The van der Waals surface area contributed by atoms with E-state index in [-0.39, 0.29) is 23.8 Å². The number of hydrogen-bond donors (Lipinski definition) is 1. The Kier molecular flexibility index (Phi) is 4.73. The Morgan fingerprint density at radius 2 is 1.62 bits per heavy atom. The van der Waals surface area contributed by atoms with Crippen LogP contribution >= 0.6 is 0 Å². The van der Waals surface area contributed by atoms with E-state index >= 15 is 0 Å². The van der Waals surface area contributed by atoms with Gasteiger partial charge in [0.15, 0.2) is 0 Å². The molecule has 0 aliphatic carbocycles. The molecule has 2 atom stereocenters. The highest BCUT2D eigenvalue weighted by Crippen LogP contribution is 2.47. The van der Waals surface area contributed by atoms with Crippen LogP contribution in [-0.2, 0) is 20.2 Å². The quantitative estimate of drug-likeness (QED) is 0.661. The molecular weight excluding hydrogens is 426 g/mol. The molecule has 32 heavy (non-hydrogen) atoms. The van der Waals surface area contributed by atoms with Crippen molar-refractivity contribution < 1.29 is 17.9 Å². The number of anilines is 1. The number of para-hydroxylation sites is 2. The van der Waals surface area contributed by atoms with Crippen LogP contribution < -0.4 is 10.1 Å². The number of benzene rings is 3. The molecule has 1 amide bonds. The van der Waals surface area contributed by atoms with E-state index in [9.17, 15) is 18.5 Å². The van der Waals surface area contributed by atoms with E-state index < -0.39 is 21.5 Å². The molecule has 8 heteroatoms. The first-order valence-electron chi connectivity index (χ1n) is 10.1. The summed E-state index contributed by atoms with van der Waals surface area (Å²) in [6, 6.07) is 23.6. The molecule has 1 spiro atoms. The molecule has 0 unspecified atom stereocenters. The molecule has 3 aromatic carbocycles. The van der Waals surface area contributed by atoms with Crippen LogP contribution in [-0.4, -0.2) is 31.2 Å². The lowest BCUT2D eigenvalue weighted by Crippen LogP contribution is -2.40. The van der Waals surface area contributed by atoms with Crippen LogP contribution in [0.3, 0.4) is 0 Å². The molecule has 0 radical (unpaired) electrons. The summed E-state index contributed by atoms with van der Waals surface area (Å²) < 4.78 is 33.7. The number of hydrogen-bond acceptors (Lipinski definition) is 5. The Balaban J connectivity index is 1.45. The summed E-state index contributed by atoms with van der Waals surface area (Å²) in [5.74, 6) is 0.859. The molecule has 160 valence electrons. The molecule has 0 aromatic heterocycles. The van der Waals surface area contributed by atoms with Crippen molar-refractivity contribution in [1.29, 1.82) is 5.26 Å². The molecule has 0 bridgehead atoms. The van der Waals surface area contributed by atoms with Crippen molar-refractivity contribution >= 4 is 21.6 Å². The van der Waals surface area contributed by atoms with E-state index in [4.69, 9.17) is 4.74 Å². The van der Waals surface area contributed by atoms with E-state index in [0.717, 1.165) is 9.87 Å². The van der Waals surface area contributed by atoms with Crippen LogP contribution in [0.15, 0.2) is 83.8 Å². The number of fused-ring (bicyclic) bond motifs is 2. The SMILES string of the molecule is N#C[C@@H]1C[C@@]2(CN1S(=O)(=O)c1ccc(Oc3ccccc3)cc1)C(=O)Nc1ccccc12. The van der Waals surface area contributed by atoms with Gasteiger partial charge in [-0.15, -0.1) is 0 Å². The van der Waals surface area contributed by atoms with Crippen molar-refractivity contribution in [3.63, 3.8) is 0 Å². The normalized spacial score (nSPS) is 22.3. The fourth-order valence-electron chi connectivity index (χ4n) is 4.41. The van der Waals surface area contributed by atoms with E-state index in [2.05, 4.69) is 11.4 Å². The largest absolute Gasteiger partial charge is 0.457 e. The minimum atomic E-state index is -4.00. The summed E-state index contributed by atoms with van der Waals surface area (Å²) in [4.78, 5) is 12.9. The Morgan fingerprint density at radius 3 is 2.34 bits per heavy atom. The van der Waals surface area contributed by atoms with Crippen LogP contribution in [0.2, 0.25) is 0 Å². The molecule has 5 rings (SSSR count). The van der Waals surface area contributed by atoms with Crippen molar-refractivity contribution in [3.05, 3.63) is 84.4 Å². The Morgan fingerprint density at radius 1 is 0.969 bits per heavy atom. The van der Waals surface area contributed by atoms with Gasteiger partial charge in [0.25, 0.3) is 0 Å². The highest BCUT2D eigenvalue weighted by molar-refractivity contribution is 7.89. The van der Waals surface area contributed by atoms with E-state index in [0.29, 0.717) is 17.2 Å². The lowest BCUT2D eigenvalue weighted by Gasteiger charge is -2.22. The zero-order valence-corrected chi connectivity index (χ0v) is 17.7. The summed E-state index contributed by atoms with van der Waals surface area (Å²) in [6.07, 6.45) is 0.112. The number of nitriles is 1. The first kappa shape index (κ1) is 20.2. The van der Waals surface area contributed by atoms with Crippen LogP contribution in [0.1, 0.15) is 12.0 Å². The number of carbonyl (C=O) groups excluding carboxylic acids is 1. The predicted octanol–water partition coefficient (Wildman–Crippen LogP) is 3.66. The number of nitrogens with zero attached hydrogens (tertiary/aromatic N) is 2. The lowest BCUT2D eigenvalue weighted by molar-refractivity contribution is -0.120. The third-order valence-electron chi connectivity index (χ3n) is 6.00. The molecule has 7 nitrogen and oxygen atoms in total. The van der Waals surface area contributed by atoms with Crippen LogP contribution in [0.25, 0.3) is 0 Å². The van der Waals surface area contributed by atoms with Gasteiger partial charge in [-0.3, -0.25) is 4.79 Å². The van der Waals surface area contributed by atoms with Crippen molar-refractivity contribution in [2.24, 2.45) is 0 Å². The monoisotopic (exact) mass is 445 g/mol. The minimum absolute atomic E-state index is 0.0434. The Bertz CT molecular complexity index is 1330. The Labute approximate surface area is 185 Å². The molecule has 2 aliphatic heterocycles. The van der Waals surface area contributed by atoms with Gasteiger partial charge in [0, 0.05) is 12.2 Å². The van der Waals surface area contributed by atoms with E-state index in [1.165, 1.54) is 12.1 Å². The fraction of sp³-hybridized carbons (Fsp3) is 0.167. The van der Waals surface area contributed by atoms with Gasteiger partial charge in [-0.05, 0) is 54.4 Å². The van der Waals surface area contributed by atoms with Crippen LogP contribution in [0.4, 0.5) is 5.69 Å². The second-order valence-electron chi connectivity index (χ2n) is 7.87. The molecule has 0 saturated carbocycles.